The van der Waals surface area contributed by atoms with Crippen LogP contribution in [-0.2, 0) is 22.7 Å². The molecule has 5 aromatic rings. The van der Waals surface area contributed by atoms with Crippen molar-refractivity contribution in [2.24, 2.45) is 5.92 Å². The van der Waals surface area contributed by atoms with Gasteiger partial charge >= 0.3 is 5.97 Å². The molecule has 4 heterocycles. The minimum Gasteiger partial charge on any atom is -0.481 e. The van der Waals surface area contributed by atoms with Gasteiger partial charge in [-0.1, -0.05) is 53.5 Å². The van der Waals surface area contributed by atoms with Gasteiger partial charge in [-0.05, 0) is 62.8 Å². The summed E-state index contributed by atoms with van der Waals surface area (Å²) in [6.45, 7) is 2.44. The van der Waals surface area contributed by atoms with Gasteiger partial charge in [-0.25, -0.2) is 19.3 Å². The maximum Gasteiger partial charge on any atom is 0.306 e. The highest BCUT2D eigenvalue weighted by molar-refractivity contribution is 7.18. The Morgan fingerprint density at radius 1 is 1.02 bits per heavy atom. The fraction of sp³-hybridized carbons (Fsp3) is 0.359. The van der Waals surface area contributed by atoms with Gasteiger partial charge < -0.3 is 31.1 Å². The summed E-state index contributed by atoms with van der Waals surface area (Å²) in [6.07, 6.45) is 6.05. The number of carbonyl (C=O) groups excluding carboxylic acids is 1. The zero-order valence-electron chi connectivity index (χ0n) is 29.6. The number of rotatable bonds is 14. The number of carbonyl (C=O) groups is 2. The smallest absolute Gasteiger partial charge is 0.306 e. The van der Waals surface area contributed by atoms with Crippen LogP contribution in [0.15, 0.2) is 54.7 Å². The van der Waals surface area contributed by atoms with Crippen LogP contribution in [0.25, 0.3) is 32.6 Å². The molecule has 282 valence electrons. The summed E-state index contributed by atoms with van der Waals surface area (Å²) >= 11 is 15.8. The fourth-order valence-electron chi connectivity index (χ4n) is 7.14. The molecule has 1 saturated carbocycles. The molecule has 2 aromatic carbocycles. The lowest BCUT2D eigenvalue weighted by molar-refractivity contribution is -0.142. The van der Waals surface area contributed by atoms with Crippen LogP contribution in [0, 0.1) is 12.8 Å². The highest BCUT2D eigenvalue weighted by Gasteiger charge is 2.26. The number of hydrogen-bond donors (Lipinski definition) is 5. The topological polar surface area (TPSA) is 150 Å². The number of alkyl halides is 1. The van der Waals surface area contributed by atoms with E-state index in [-0.39, 0.29) is 29.8 Å². The van der Waals surface area contributed by atoms with E-state index in [2.05, 4.69) is 31.2 Å². The van der Waals surface area contributed by atoms with Crippen LogP contribution in [0.4, 0.5) is 15.9 Å². The first-order valence-corrected chi connectivity index (χ1v) is 19.5. The summed E-state index contributed by atoms with van der Waals surface area (Å²) in [6, 6.07) is 15.4. The molecule has 15 heteroatoms. The first-order chi connectivity index (χ1) is 26.2. The number of carboxylic acids is 1. The van der Waals surface area contributed by atoms with E-state index in [1.54, 1.807) is 17.5 Å². The summed E-state index contributed by atoms with van der Waals surface area (Å²) in [5.41, 5.74) is 5.46. The molecule has 1 atom stereocenters. The van der Waals surface area contributed by atoms with Gasteiger partial charge in [-0.15, -0.1) is 11.3 Å². The Balaban J connectivity index is 1.09. The first kappa shape index (κ1) is 37.9. The van der Waals surface area contributed by atoms with Gasteiger partial charge in [0.1, 0.15) is 10.5 Å². The maximum absolute atomic E-state index is 13.6. The van der Waals surface area contributed by atoms with Gasteiger partial charge in [0.25, 0.3) is 0 Å². The number of anilines is 2. The molecule has 11 nitrogen and oxygen atoms in total. The summed E-state index contributed by atoms with van der Waals surface area (Å²) in [7, 11) is 0. The number of aromatic nitrogens is 3. The Kier molecular flexibility index (Phi) is 11.9. The SMILES string of the molecule is Cc1cc(-c2cccc(-c3cccc(Nc4nccc5sc(CNC6CCC(C(=O)O)CC6)nc45)c3Cl)c2Cl)nc(OCF)c1CNC[C@@H]1CCC(=O)N1. The zero-order valence-corrected chi connectivity index (χ0v) is 31.9. The molecular formula is C39H40Cl2FN7O4S. The molecule has 1 aliphatic heterocycles. The highest BCUT2D eigenvalue weighted by atomic mass is 35.5. The number of fused-ring (bicyclic) bond motifs is 1. The molecule has 2 fully saturated rings. The van der Waals surface area contributed by atoms with Gasteiger partial charge in [0.15, 0.2) is 5.82 Å². The predicted molar refractivity (Wildman–Crippen MR) is 210 cm³/mol. The number of aliphatic carboxylic acids is 1. The van der Waals surface area contributed by atoms with Crippen molar-refractivity contribution in [3.8, 4) is 28.3 Å². The molecule has 5 N–H and O–H groups in total. The lowest BCUT2D eigenvalue weighted by Gasteiger charge is -2.26. The van der Waals surface area contributed by atoms with Crippen molar-refractivity contribution in [3.63, 3.8) is 0 Å². The number of amides is 1. The summed E-state index contributed by atoms with van der Waals surface area (Å²) in [4.78, 5) is 37.1. The molecule has 0 bridgehead atoms. The third-order valence-electron chi connectivity index (χ3n) is 10.1. The second-order valence-corrected chi connectivity index (χ2v) is 15.5. The number of ether oxygens (including phenoxy) is 1. The van der Waals surface area contributed by atoms with Crippen molar-refractivity contribution < 1.29 is 23.8 Å². The lowest BCUT2D eigenvalue weighted by atomic mass is 9.86. The van der Waals surface area contributed by atoms with Crippen LogP contribution in [0.1, 0.15) is 54.7 Å². The van der Waals surface area contributed by atoms with Gasteiger partial charge in [0.05, 0.1) is 32.0 Å². The van der Waals surface area contributed by atoms with Gasteiger partial charge in [0, 0.05) is 66.6 Å². The number of hydrogen-bond acceptors (Lipinski definition) is 10. The van der Waals surface area contributed by atoms with E-state index in [1.165, 1.54) is 0 Å². The third kappa shape index (κ3) is 8.45. The van der Waals surface area contributed by atoms with Crippen molar-refractivity contribution >= 4 is 68.1 Å². The van der Waals surface area contributed by atoms with Crippen molar-refractivity contribution in [3.05, 3.63) is 80.9 Å². The molecule has 7 rings (SSSR count). The van der Waals surface area contributed by atoms with E-state index in [0.717, 1.165) is 45.6 Å². The normalized spacial score (nSPS) is 18.5. The van der Waals surface area contributed by atoms with E-state index >= 15 is 0 Å². The molecule has 0 spiro atoms. The van der Waals surface area contributed by atoms with Crippen LogP contribution in [0.5, 0.6) is 5.88 Å². The minimum atomic E-state index is -1.04. The summed E-state index contributed by atoms with van der Waals surface area (Å²) < 4.78 is 19.9. The number of halogens is 3. The standard InChI is InChI=1S/C39H40Cl2FN7O4S/c1-21-16-30(48-38(53-20-42)28(21)18-43-17-24-12-13-32(50)46-24)27-6-2-4-25(34(27)40)26-5-3-7-29(35(26)41)47-37-36-31(14-15-44-37)54-33(49-36)19-45-23-10-8-22(9-11-23)39(51)52/h2-7,14-16,22-24,43,45H,8-13,17-20H2,1H3,(H,44,47)(H,46,50)(H,51,52)/t22?,23?,24-/m0/s1. The number of aryl methyl sites for hydroxylation is 1. The maximum atomic E-state index is 13.6. The van der Waals surface area contributed by atoms with E-state index in [4.69, 9.17) is 32.9 Å². The van der Waals surface area contributed by atoms with Gasteiger partial charge in [0.2, 0.25) is 18.6 Å². The van der Waals surface area contributed by atoms with Crippen molar-refractivity contribution in [1.82, 2.24) is 30.9 Å². The quantitative estimate of drug-likeness (QED) is 0.0745. The molecule has 1 aliphatic carbocycles. The number of nitrogens with zero attached hydrogens (tertiary/aromatic N) is 3. The van der Waals surface area contributed by atoms with E-state index in [9.17, 15) is 19.1 Å². The first-order valence-electron chi connectivity index (χ1n) is 17.9. The predicted octanol–water partition coefficient (Wildman–Crippen LogP) is 8.19. The largest absolute Gasteiger partial charge is 0.481 e. The Morgan fingerprint density at radius 2 is 1.78 bits per heavy atom. The molecule has 0 unspecified atom stereocenters. The number of benzene rings is 2. The summed E-state index contributed by atoms with van der Waals surface area (Å²) in [5, 5.41) is 24.3. The number of pyridine rings is 2. The van der Waals surface area contributed by atoms with Crippen molar-refractivity contribution in [1.29, 1.82) is 0 Å². The van der Waals surface area contributed by atoms with Crippen molar-refractivity contribution in [2.75, 3.05) is 18.7 Å². The number of thiazole rings is 1. The Hall–Kier alpha value is -4.40. The zero-order chi connectivity index (χ0) is 37.8. The van der Waals surface area contributed by atoms with Crippen molar-refractivity contribution in [2.45, 2.75) is 70.6 Å². The molecule has 2 aliphatic rings. The minimum absolute atomic E-state index is 0.0495. The average Bonchev–Trinajstić information content (AvgIpc) is 3.79. The van der Waals surface area contributed by atoms with Crippen LogP contribution in [-0.4, -0.2) is 57.4 Å². The summed E-state index contributed by atoms with van der Waals surface area (Å²) in [5.74, 6) is -0.167. The molecule has 1 saturated heterocycles. The molecular weight excluding hydrogens is 752 g/mol. The molecule has 3 aromatic heterocycles. The van der Waals surface area contributed by atoms with Crippen LogP contribution >= 0.6 is 34.5 Å². The van der Waals surface area contributed by atoms with Gasteiger partial charge in [-0.2, -0.15) is 0 Å². The highest BCUT2D eigenvalue weighted by Crippen LogP contribution is 2.43. The Labute approximate surface area is 326 Å². The van der Waals surface area contributed by atoms with E-state index in [1.807, 2.05) is 55.5 Å². The number of nitrogens with one attached hydrogen (secondary N) is 4. The van der Waals surface area contributed by atoms with E-state index < -0.39 is 12.8 Å². The molecule has 0 radical (unpaired) electrons. The number of carboxylic acid groups (broad SMARTS) is 1. The van der Waals surface area contributed by atoms with E-state index in [0.29, 0.717) is 82.8 Å². The van der Waals surface area contributed by atoms with Gasteiger partial charge in [-0.3, -0.25) is 9.59 Å². The third-order valence-corrected chi connectivity index (χ3v) is 11.9. The molecule has 1 amide bonds. The molecule has 54 heavy (non-hydrogen) atoms. The average molecular weight is 793 g/mol. The van der Waals surface area contributed by atoms with Crippen LogP contribution in [0.3, 0.4) is 0 Å². The Morgan fingerprint density at radius 3 is 2.52 bits per heavy atom. The van der Waals surface area contributed by atoms with Crippen LogP contribution < -0.4 is 26.0 Å². The monoisotopic (exact) mass is 791 g/mol. The Bertz CT molecular complexity index is 2180. The fourth-order valence-corrected chi connectivity index (χ4v) is 8.66. The second-order valence-electron chi connectivity index (χ2n) is 13.6. The second kappa shape index (κ2) is 17.0. The van der Waals surface area contributed by atoms with Crippen LogP contribution in [0.2, 0.25) is 10.0 Å². The lowest BCUT2D eigenvalue weighted by Crippen LogP contribution is -2.35.